The van der Waals surface area contributed by atoms with E-state index in [2.05, 4.69) is 14.5 Å². The predicted molar refractivity (Wildman–Crippen MR) is 59.3 cm³/mol. The van der Waals surface area contributed by atoms with Crippen molar-refractivity contribution in [3.05, 3.63) is 22.9 Å². The molecule has 2 N–H and O–H groups in total. The fourth-order valence-corrected chi connectivity index (χ4v) is 1.49. The van der Waals surface area contributed by atoms with Gasteiger partial charge >= 0.3 is 12.3 Å². The van der Waals surface area contributed by atoms with E-state index in [1.807, 2.05) is 0 Å². The zero-order valence-electron chi connectivity index (χ0n) is 10.4. The van der Waals surface area contributed by atoms with E-state index in [4.69, 9.17) is 5.73 Å². The van der Waals surface area contributed by atoms with Gasteiger partial charge in [-0.1, -0.05) is 0 Å². The van der Waals surface area contributed by atoms with Crippen LogP contribution in [0.3, 0.4) is 0 Å². The van der Waals surface area contributed by atoms with E-state index in [9.17, 15) is 18.0 Å². The van der Waals surface area contributed by atoms with Gasteiger partial charge < -0.3 is 15.2 Å². The standard InChI is InChI=1S/C11H13F3N2O3/c1-6-7(4-15)5-16-10(19-11(12,13)14)8(6)3-9(17)18-2/h5H,3-4,15H2,1-2H3. The number of rotatable bonds is 4. The minimum atomic E-state index is -4.88. The van der Waals surface area contributed by atoms with Crippen LogP contribution in [0.4, 0.5) is 13.2 Å². The largest absolute Gasteiger partial charge is 0.574 e. The molecule has 1 heterocycles. The number of ether oxygens (including phenoxy) is 2. The fourth-order valence-electron chi connectivity index (χ4n) is 1.49. The van der Waals surface area contributed by atoms with E-state index in [0.29, 0.717) is 11.1 Å². The molecule has 1 rings (SSSR count). The molecule has 5 nitrogen and oxygen atoms in total. The van der Waals surface area contributed by atoms with E-state index in [1.165, 1.54) is 6.20 Å². The van der Waals surface area contributed by atoms with Crippen molar-refractivity contribution in [1.82, 2.24) is 4.98 Å². The molecule has 106 valence electrons. The second-order valence-corrected chi connectivity index (χ2v) is 3.70. The maximum atomic E-state index is 12.3. The van der Waals surface area contributed by atoms with Crippen LogP contribution in [0.5, 0.6) is 5.88 Å². The number of methoxy groups -OCH3 is 1. The molecule has 8 heteroatoms. The Labute approximate surface area is 107 Å². The maximum Gasteiger partial charge on any atom is 0.574 e. The van der Waals surface area contributed by atoms with Crippen molar-refractivity contribution in [2.24, 2.45) is 5.73 Å². The number of hydrogen-bond acceptors (Lipinski definition) is 5. The highest BCUT2D eigenvalue weighted by molar-refractivity contribution is 5.74. The first-order valence-electron chi connectivity index (χ1n) is 5.28. The predicted octanol–water partition coefficient (Wildman–Crippen LogP) is 1.46. The van der Waals surface area contributed by atoms with Gasteiger partial charge in [-0.05, 0) is 18.1 Å². The SMILES string of the molecule is COC(=O)Cc1c(OC(F)(F)F)ncc(CN)c1C. The van der Waals surface area contributed by atoms with E-state index in [1.54, 1.807) is 6.92 Å². The van der Waals surface area contributed by atoms with Gasteiger partial charge in [0.25, 0.3) is 0 Å². The first-order chi connectivity index (χ1) is 8.78. The molecule has 1 aromatic rings. The van der Waals surface area contributed by atoms with Crippen molar-refractivity contribution in [2.75, 3.05) is 7.11 Å². The number of alkyl halides is 3. The highest BCUT2D eigenvalue weighted by Gasteiger charge is 2.33. The average Bonchev–Trinajstić information content (AvgIpc) is 2.32. The molecule has 0 spiro atoms. The average molecular weight is 278 g/mol. The van der Waals surface area contributed by atoms with Gasteiger partial charge in [-0.2, -0.15) is 0 Å². The third-order valence-corrected chi connectivity index (χ3v) is 2.51. The van der Waals surface area contributed by atoms with Crippen LogP contribution in [0.1, 0.15) is 16.7 Å². The Hall–Kier alpha value is -1.83. The monoisotopic (exact) mass is 278 g/mol. The van der Waals surface area contributed by atoms with Crippen LogP contribution in [-0.4, -0.2) is 24.4 Å². The molecule has 0 amide bonds. The lowest BCUT2D eigenvalue weighted by Gasteiger charge is -2.15. The molecule has 0 aromatic carbocycles. The Morgan fingerprint density at radius 2 is 2.11 bits per heavy atom. The van der Waals surface area contributed by atoms with Gasteiger partial charge in [-0.15, -0.1) is 13.2 Å². The summed E-state index contributed by atoms with van der Waals surface area (Å²) < 4.78 is 45.0. The number of hydrogen-bond donors (Lipinski definition) is 1. The fraction of sp³-hybridized carbons (Fsp3) is 0.455. The molecular weight excluding hydrogens is 265 g/mol. The summed E-state index contributed by atoms with van der Waals surface area (Å²) in [5.74, 6) is -1.35. The molecule has 0 saturated carbocycles. The van der Waals surface area contributed by atoms with Gasteiger partial charge in [0.1, 0.15) is 0 Å². The molecule has 0 bridgehead atoms. The van der Waals surface area contributed by atoms with Crippen molar-refractivity contribution in [3.63, 3.8) is 0 Å². The molecule has 0 atom stereocenters. The van der Waals surface area contributed by atoms with Crippen molar-refractivity contribution >= 4 is 5.97 Å². The van der Waals surface area contributed by atoms with Crippen LogP contribution >= 0.6 is 0 Å². The smallest absolute Gasteiger partial charge is 0.469 e. The summed E-state index contributed by atoms with van der Waals surface area (Å²) in [6.07, 6.45) is -4.06. The van der Waals surface area contributed by atoms with E-state index >= 15 is 0 Å². The molecule has 0 radical (unpaired) electrons. The zero-order valence-corrected chi connectivity index (χ0v) is 10.4. The molecule has 1 aromatic heterocycles. The van der Waals surface area contributed by atoms with Crippen LogP contribution < -0.4 is 10.5 Å². The summed E-state index contributed by atoms with van der Waals surface area (Å²) in [6.45, 7) is 1.64. The van der Waals surface area contributed by atoms with Gasteiger partial charge in [0, 0.05) is 18.3 Å². The van der Waals surface area contributed by atoms with Crippen molar-refractivity contribution in [3.8, 4) is 5.88 Å². The normalized spacial score (nSPS) is 11.3. The molecule has 0 unspecified atom stereocenters. The summed E-state index contributed by atoms with van der Waals surface area (Å²) in [4.78, 5) is 14.8. The first kappa shape index (κ1) is 15.2. The number of aromatic nitrogens is 1. The highest BCUT2D eigenvalue weighted by atomic mass is 19.4. The molecule has 0 fully saturated rings. The summed E-state index contributed by atoms with van der Waals surface area (Å²) in [7, 11) is 1.14. The lowest BCUT2D eigenvalue weighted by atomic mass is 10.0. The van der Waals surface area contributed by atoms with E-state index in [-0.39, 0.29) is 18.5 Å². The Bertz CT molecular complexity index is 475. The van der Waals surface area contributed by atoms with Crippen molar-refractivity contribution in [2.45, 2.75) is 26.3 Å². The lowest BCUT2D eigenvalue weighted by molar-refractivity contribution is -0.276. The second-order valence-electron chi connectivity index (χ2n) is 3.70. The zero-order chi connectivity index (χ0) is 14.6. The lowest BCUT2D eigenvalue weighted by Crippen LogP contribution is -2.21. The topological polar surface area (TPSA) is 74.4 Å². The molecule has 0 aliphatic rings. The highest BCUT2D eigenvalue weighted by Crippen LogP contribution is 2.28. The van der Waals surface area contributed by atoms with Gasteiger partial charge in [0.2, 0.25) is 5.88 Å². The molecular formula is C11H13F3N2O3. The van der Waals surface area contributed by atoms with Crippen molar-refractivity contribution in [1.29, 1.82) is 0 Å². The Morgan fingerprint density at radius 1 is 1.47 bits per heavy atom. The van der Waals surface area contributed by atoms with Crippen LogP contribution in [0.15, 0.2) is 6.20 Å². The van der Waals surface area contributed by atoms with Gasteiger partial charge in [-0.25, -0.2) is 4.98 Å². The minimum Gasteiger partial charge on any atom is -0.469 e. The second kappa shape index (κ2) is 5.87. The third-order valence-electron chi connectivity index (χ3n) is 2.51. The summed E-state index contributed by atoms with van der Waals surface area (Å²) in [6, 6.07) is 0. The molecule has 0 aliphatic heterocycles. The maximum absolute atomic E-state index is 12.3. The summed E-state index contributed by atoms with van der Waals surface area (Å²) >= 11 is 0. The minimum absolute atomic E-state index is 0.0205. The number of carbonyl (C=O) groups is 1. The third kappa shape index (κ3) is 4.09. The van der Waals surface area contributed by atoms with E-state index in [0.717, 1.165) is 7.11 Å². The van der Waals surface area contributed by atoms with Crippen LogP contribution in [0, 0.1) is 6.92 Å². The summed E-state index contributed by atoms with van der Waals surface area (Å²) in [5.41, 5.74) is 6.43. The quantitative estimate of drug-likeness (QED) is 0.844. The number of nitrogens with zero attached hydrogens (tertiary/aromatic N) is 1. The molecule has 0 aliphatic carbocycles. The number of halogens is 3. The number of pyridine rings is 1. The van der Waals surface area contributed by atoms with Crippen LogP contribution in [0.25, 0.3) is 0 Å². The van der Waals surface area contributed by atoms with Gasteiger partial charge in [-0.3, -0.25) is 4.79 Å². The number of nitrogens with two attached hydrogens (primary N) is 1. The first-order valence-corrected chi connectivity index (χ1v) is 5.28. The molecule has 0 saturated heterocycles. The van der Waals surface area contributed by atoms with Gasteiger partial charge in [0.15, 0.2) is 0 Å². The summed E-state index contributed by atoms with van der Waals surface area (Å²) in [5, 5.41) is 0. The Morgan fingerprint density at radius 3 is 2.58 bits per heavy atom. The Kier molecular flexibility index (Phi) is 4.71. The van der Waals surface area contributed by atoms with Crippen molar-refractivity contribution < 1.29 is 27.4 Å². The molecule has 19 heavy (non-hydrogen) atoms. The van der Waals surface area contributed by atoms with E-state index < -0.39 is 18.2 Å². The number of esters is 1. The van der Waals surface area contributed by atoms with Gasteiger partial charge in [0.05, 0.1) is 13.5 Å². The van der Waals surface area contributed by atoms with Crippen LogP contribution in [-0.2, 0) is 22.5 Å². The van der Waals surface area contributed by atoms with Crippen LogP contribution in [0.2, 0.25) is 0 Å². The number of carbonyl (C=O) groups excluding carboxylic acids is 1. The Balaban J connectivity index is 3.22.